The molecule has 1 aliphatic heterocycles. The first-order chi connectivity index (χ1) is 35.9. The van der Waals surface area contributed by atoms with Crippen molar-refractivity contribution in [2.75, 3.05) is 53.6 Å². The molecule has 0 aromatic carbocycles. The standard InChI is InChI=1S/C58H104N4O12/c1-7-11-15-19-21-27-36-48(34-25-17-13-9-3)55(66)61(5)44-53(64)69-42-31-23-29-40-58(72-47-50(73-58)46-71-52(63)39-33-38-51-59-57(68)74-60-51)41-30-24-32-43-70-54(65)45-62(6)56(67)49(35-26-18-14-10-4)37-28-22-20-16-12-8-2/h48-50H,7-47H2,1-6H3,(H,59,60,68). The highest BCUT2D eigenvalue weighted by Crippen LogP contribution is 2.35. The van der Waals surface area contributed by atoms with Crippen LogP contribution in [0.3, 0.4) is 0 Å². The molecule has 3 atom stereocenters. The van der Waals surface area contributed by atoms with Crippen LogP contribution in [0.1, 0.15) is 252 Å². The Balaban J connectivity index is 1.86. The predicted octanol–water partition coefficient (Wildman–Crippen LogP) is 12.1. The van der Waals surface area contributed by atoms with Gasteiger partial charge >= 0.3 is 23.7 Å². The SMILES string of the molecule is CCCCCCCCC(CCCCCC)C(=O)N(C)CC(=O)OCCCCCC1(CCCCCOC(=O)CN(C)C(=O)C(CCCCCC)CCCCCCCC)OCC(COC(=O)CCCc2noc(=O)[nH]2)O1. The summed E-state index contributed by atoms with van der Waals surface area (Å²) in [6, 6.07) is 0. The van der Waals surface area contributed by atoms with Gasteiger partial charge in [0.1, 0.15) is 25.8 Å². The van der Waals surface area contributed by atoms with Gasteiger partial charge in [0.15, 0.2) is 11.6 Å². The average Bonchev–Trinajstić information content (AvgIpc) is 4.00. The monoisotopic (exact) mass is 1050 g/mol. The number of aromatic amines is 1. The molecule has 0 aliphatic carbocycles. The Morgan fingerprint density at radius 1 is 0.568 bits per heavy atom. The van der Waals surface area contributed by atoms with Gasteiger partial charge in [-0.3, -0.25) is 33.5 Å². The van der Waals surface area contributed by atoms with Crippen molar-refractivity contribution in [3.63, 3.8) is 0 Å². The normalized spacial score (nSPS) is 16.2. The number of likely N-dealkylation sites (N-methyl/N-ethyl adjacent to an activating group) is 2. The molecule has 16 nitrogen and oxygen atoms in total. The minimum Gasteiger partial charge on any atom is -0.464 e. The van der Waals surface area contributed by atoms with E-state index >= 15 is 0 Å². The lowest BCUT2D eigenvalue weighted by Gasteiger charge is -2.28. The summed E-state index contributed by atoms with van der Waals surface area (Å²) in [6.45, 7) is 9.49. The fourth-order valence-corrected chi connectivity index (χ4v) is 9.85. The minimum atomic E-state index is -0.888. The van der Waals surface area contributed by atoms with Crippen LogP contribution in [0, 0.1) is 11.8 Å². The van der Waals surface area contributed by atoms with Crippen molar-refractivity contribution in [2.24, 2.45) is 11.8 Å². The number of aromatic nitrogens is 2. The van der Waals surface area contributed by atoms with Crippen LogP contribution in [0.2, 0.25) is 0 Å². The van der Waals surface area contributed by atoms with Gasteiger partial charge in [-0.2, -0.15) is 0 Å². The van der Waals surface area contributed by atoms with E-state index in [1.54, 1.807) is 23.9 Å². The number of amides is 2. The molecule has 74 heavy (non-hydrogen) atoms. The molecule has 3 unspecified atom stereocenters. The molecule has 2 heterocycles. The van der Waals surface area contributed by atoms with Crippen LogP contribution in [0.5, 0.6) is 0 Å². The lowest BCUT2D eigenvalue weighted by molar-refractivity contribution is -0.186. The number of nitrogens with one attached hydrogen (secondary N) is 1. The van der Waals surface area contributed by atoms with Crippen molar-refractivity contribution in [2.45, 2.75) is 264 Å². The van der Waals surface area contributed by atoms with Crippen molar-refractivity contribution in [1.82, 2.24) is 19.9 Å². The second-order valence-electron chi connectivity index (χ2n) is 21.2. The number of carbonyl (C=O) groups excluding carboxylic acids is 5. The summed E-state index contributed by atoms with van der Waals surface area (Å²) in [7, 11) is 3.42. The number of hydrogen-bond acceptors (Lipinski definition) is 13. The van der Waals surface area contributed by atoms with Gasteiger partial charge in [-0.05, 0) is 70.6 Å². The number of aryl methyl sites for hydroxylation is 1. The maximum atomic E-state index is 13.5. The highest BCUT2D eigenvalue weighted by Gasteiger charge is 2.41. The number of carbonyl (C=O) groups is 5. The van der Waals surface area contributed by atoms with Crippen molar-refractivity contribution >= 4 is 29.7 Å². The smallest absolute Gasteiger partial charge is 0.438 e. The van der Waals surface area contributed by atoms with E-state index in [1.807, 2.05) is 0 Å². The highest BCUT2D eigenvalue weighted by atomic mass is 16.8. The first kappa shape index (κ1) is 66.3. The Bertz CT molecular complexity index is 1610. The zero-order chi connectivity index (χ0) is 54.1. The van der Waals surface area contributed by atoms with Gasteiger partial charge in [0.05, 0.1) is 19.8 Å². The second kappa shape index (κ2) is 42.3. The molecular weight excluding hydrogens is 945 g/mol. The first-order valence-corrected chi connectivity index (χ1v) is 29.7. The quantitative estimate of drug-likeness (QED) is 0.0368. The molecule has 1 fully saturated rings. The molecule has 0 spiro atoms. The third kappa shape index (κ3) is 31.3. The van der Waals surface area contributed by atoms with E-state index in [0.29, 0.717) is 44.3 Å². The van der Waals surface area contributed by atoms with Crippen molar-refractivity contribution in [3.05, 3.63) is 16.4 Å². The molecule has 0 saturated carbocycles. The molecule has 0 radical (unpaired) electrons. The Morgan fingerprint density at radius 3 is 1.42 bits per heavy atom. The molecule has 2 rings (SSSR count). The van der Waals surface area contributed by atoms with Gasteiger partial charge in [0.2, 0.25) is 11.8 Å². The number of ether oxygens (including phenoxy) is 5. The van der Waals surface area contributed by atoms with Crippen LogP contribution >= 0.6 is 0 Å². The van der Waals surface area contributed by atoms with Gasteiger partial charge in [0.25, 0.3) is 0 Å². The third-order valence-corrected chi connectivity index (χ3v) is 14.4. The Hall–Kier alpha value is -3.79. The zero-order valence-corrected chi connectivity index (χ0v) is 47.5. The van der Waals surface area contributed by atoms with Gasteiger partial charge in [0, 0.05) is 51.6 Å². The molecular formula is C58H104N4O12. The lowest BCUT2D eigenvalue weighted by atomic mass is 9.93. The Labute approximate surface area is 446 Å². The topological polar surface area (TPSA) is 197 Å². The predicted molar refractivity (Wildman–Crippen MR) is 289 cm³/mol. The summed E-state index contributed by atoms with van der Waals surface area (Å²) in [6.07, 6.45) is 32.5. The molecule has 1 aliphatic rings. The lowest BCUT2D eigenvalue weighted by Crippen LogP contribution is -2.37. The number of esters is 3. The van der Waals surface area contributed by atoms with E-state index in [0.717, 1.165) is 116 Å². The third-order valence-electron chi connectivity index (χ3n) is 14.4. The highest BCUT2D eigenvalue weighted by molar-refractivity contribution is 5.84. The molecule has 2 amide bonds. The summed E-state index contributed by atoms with van der Waals surface area (Å²) < 4.78 is 34.1. The first-order valence-electron chi connectivity index (χ1n) is 29.7. The van der Waals surface area contributed by atoms with Gasteiger partial charge in [-0.15, -0.1) is 0 Å². The Morgan fingerprint density at radius 2 is 0.986 bits per heavy atom. The van der Waals surface area contributed by atoms with Crippen LogP contribution in [-0.4, -0.2) is 115 Å². The van der Waals surface area contributed by atoms with Crippen molar-refractivity contribution in [3.8, 4) is 0 Å². The van der Waals surface area contributed by atoms with E-state index in [-0.39, 0.29) is 69.6 Å². The number of H-pyrrole nitrogens is 1. The Kier molecular flexibility index (Phi) is 37.9. The summed E-state index contributed by atoms with van der Waals surface area (Å²) in [5.74, 6) is -2.39. The van der Waals surface area contributed by atoms with Crippen LogP contribution < -0.4 is 5.76 Å². The second-order valence-corrected chi connectivity index (χ2v) is 21.2. The van der Waals surface area contributed by atoms with Gasteiger partial charge < -0.3 is 33.5 Å². The molecule has 1 aromatic heterocycles. The van der Waals surface area contributed by atoms with Gasteiger partial charge in [-0.25, -0.2) is 4.79 Å². The van der Waals surface area contributed by atoms with Crippen LogP contribution in [0.4, 0.5) is 0 Å². The summed E-state index contributed by atoms with van der Waals surface area (Å²) in [5.41, 5.74) is 0. The van der Waals surface area contributed by atoms with Gasteiger partial charge in [-0.1, -0.05) is 161 Å². The molecule has 1 N–H and O–H groups in total. The van der Waals surface area contributed by atoms with E-state index in [9.17, 15) is 28.8 Å². The van der Waals surface area contributed by atoms with Crippen molar-refractivity contribution in [1.29, 1.82) is 0 Å². The van der Waals surface area contributed by atoms with E-state index in [1.165, 1.54) is 64.2 Å². The number of rotatable bonds is 48. The maximum absolute atomic E-state index is 13.5. The van der Waals surface area contributed by atoms with E-state index < -0.39 is 35.6 Å². The molecule has 16 heteroatoms. The maximum Gasteiger partial charge on any atom is 0.438 e. The number of nitrogens with zero attached hydrogens (tertiary/aromatic N) is 3. The summed E-state index contributed by atoms with van der Waals surface area (Å²) >= 11 is 0. The molecule has 428 valence electrons. The van der Waals surface area contributed by atoms with Crippen LogP contribution in [0.25, 0.3) is 0 Å². The summed E-state index contributed by atoms with van der Waals surface area (Å²) in [4.78, 5) is 82.1. The summed E-state index contributed by atoms with van der Waals surface area (Å²) in [5, 5.41) is 3.63. The number of hydrogen-bond donors (Lipinski definition) is 1. The molecule has 0 bridgehead atoms. The molecule has 1 saturated heterocycles. The zero-order valence-electron chi connectivity index (χ0n) is 47.5. The number of unbranched alkanes of at least 4 members (excludes halogenated alkanes) is 20. The fourth-order valence-electron chi connectivity index (χ4n) is 9.85. The molecule has 1 aromatic rings. The van der Waals surface area contributed by atoms with Crippen LogP contribution in [0.15, 0.2) is 9.32 Å². The van der Waals surface area contributed by atoms with E-state index in [2.05, 4.69) is 42.4 Å². The fraction of sp³-hybridized carbons (Fsp3) is 0.879. The largest absolute Gasteiger partial charge is 0.464 e. The average molecular weight is 1050 g/mol. The van der Waals surface area contributed by atoms with Crippen molar-refractivity contribution < 1.29 is 52.2 Å². The van der Waals surface area contributed by atoms with E-state index in [4.69, 9.17) is 23.7 Å². The van der Waals surface area contributed by atoms with Crippen LogP contribution in [-0.2, 0) is 54.1 Å². The minimum absolute atomic E-state index is 0.0380.